The smallest absolute Gasteiger partial charge is 0.213 e. The van der Waals surface area contributed by atoms with Crippen LogP contribution in [0.15, 0.2) is 53.7 Å². The van der Waals surface area contributed by atoms with Crippen molar-refractivity contribution in [3.63, 3.8) is 0 Å². The highest BCUT2D eigenvalue weighted by molar-refractivity contribution is 14.0. The van der Waals surface area contributed by atoms with Crippen molar-refractivity contribution in [1.29, 1.82) is 0 Å². The van der Waals surface area contributed by atoms with Gasteiger partial charge in [-0.2, -0.15) is 0 Å². The molecule has 2 N–H and O–H groups in total. The zero-order valence-corrected chi connectivity index (χ0v) is 19.3. The quantitative estimate of drug-likeness (QED) is 0.246. The molecule has 0 bridgehead atoms. The van der Waals surface area contributed by atoms with E-state index in [1.807, 2.05) is 24.4 Å². The number of hydrogen-bond acceptors (Lipinski definition) is 5. The van der Waals surface area contributed by atoms with E-state index in [4.69, 9.17) is 9.47 Å². The van der Waals surface area contributed by atoms with Gasteiger partial charge in [0.1, 0.15) is 6.61 Å². The lowest BCUT2D eigenvalue weighted by molar-refractivity contribution is 0.143. The largest absolute Gasteiger partial charge is 0.475 e. The molecule has 0 spiro atoms. The minimum Gasteiger partial charge on any atom is -0.475 e. The topological polar surface area (TPSA) is 71.0 Å². The van der Waals surface area contributed by atoms with E-state index in [0.29, 0.717) is 31.7 Å². The standard InChI is InChI=1S/C21H29N5O2.HI/c1-22-21(24-15-17-8-9-20(23-14-17)28-13-12-27-2)25-18-10-11-26(16-18)19-6-4-3-5-7-19;/h3-9,14,18H,10-13,15-16H2,1-2H3,(H2,22,24,25);1H. The first-order chi connectivity index (χ1) is 13.8. The molecule has 2 heterocycles. The molecule has 0 radical (unpaired) electrons. The molecule has 0 saturated carbocycles. The van der Waals surface area contributed by atoms with E-state index in [1.165, 1.54) is 5.69 Å². The van der Waals surface area contributed by atoms with Crippen LogP contribution in [0.5, 0.6) is 5.88 Å². The minimum absolute atomic E-state index is 0. The van der Waals surface area contributed by atoms with Crippen LogP contribution < -0.4 is 20.3 Å². The molecule has 1 aliphatic rings. The second kappa shape index (κ2) is 12.5. The van der Waals surface area contributed by atoms with Crippen molar-refractivity contribution in [2.75, 3.05) is 45.4 Å². The monoisotopic (exact) mass is 511 g/mol. The van der Waals surface area contributed by atoms with E-state index < -0.39 is 0 Å². The van der Waals surface area contributed by atoms with Gasteiger partial charge in [-0.05, 0) is 24.1 Å². The van der Waals surface area contributed by atoms with Gasteiger partial charge in [0, 0.05) is 57.8 Å². The fraction of sp³-hybridized carbons (Fsp3) is 0.429. The third-order valence-corrected chi connectivity index (χ3v) is 4.67. The molecule has 29 heavy (non-hydrogen) atoms. The summed E-state index contributed by atoms with van der Waals surface area (Å²) in [5, 5.41) is 6.88. The number of halogens is 1. The van der Waals surface area contributed by atoms with E-state index in [0.717, 1.165) is 31.0 Å². The van der Waals surface area contributed by atoms with Crippen LogP contribution >= 0.6 is 24.0 Å². The molecule has 1 fully saturated rings. The van der Waals surface area contributed by atoms with Crippen LogP contribution in [0.3, 0.4) is 0 Å². The fourth-order valence-electron chi connectivity index (χ4n) is 3.16. The zero-order valence-electron chi connectivity index (χ0n) is 17.0. The average Bonchev–Trinajstić information content (AvgIpc) is 3.21. The number of hydrogen-bond donors (Lipinski definition) is 2. The van der Waals surface area contributed by atoms with Crippen LogP contribution in [0.1, 0.15) is 12.0 Å². The van der Waals surface area contributed by atoms with Gasteiger partial charge in [0.2, 0.25) is 5.88 Å². The van der Waals surface area contributed by atoms with Crippen molar-refractivity contribution in [1.82, 2.24) is 15.6 Å². The number of para-hydroxylation sites is 1. The fourth-order valence-corrected chi connectivity index (χ4v) is 3.16. The van der Waals surface area contributed by atoms with Crippen LogP contribution in [-0.2, 0) is 11.3 Å². The van der Waals surface area contributed by atoms with Crippen LogP contribution in [0.25, 0.3) is 0 Å². The predicted octanol–water partition coefficient (Wildman–Crippen LogP) is 2.67. The number of methoxy groups -OCH3 is 1. The van der Waals surface area contributed by atoms with Crippen molar-refractivity contribution >= 4 is 35.6 Å². The Bertz CT molecular complexity index is 742. The highest BCUT2D eigenvalue weighted by atomic mass is 127. The molecule has 7 nitrogen and oxygen atoms in total. The number of ether oxygens (including phenoxy) is 2. The van der Waals surface area contributed by atoms with Crippen LogP contribution in [-0.4, -0.2) is 57.4 Å². The number of anilines is 1. The maximum absolute atomic E-state index is 5.49. The number of pyridine rings is 1. The zero-order chi connectivity index (χ0) is 19.6. The normalized spacial score (nSPS) is 16.3. The summed E-state index contributed by atoms with van der Waals surface area (Å²) < 4.78 is 10.5. The Kier molecular flexibility index (Phi) is 9.99. The van der Waals surface area contributed by atoms with Gasteiger partial charge in [-0.1, -0.05) is 24.3 Å². The Morgan fingerprint density at radius 3 is 2.72 bits per heavy atom. The summed E-state index contributed by atoms with van der Waals surface area (Å²) in [6, 6.07) is 14.8. The molecule has 158 valence electrons. The van der Waals surface area contributed by atoms with Crippen LogP contribution in [0, 0.1) is 0 Å². The second-order valence-electron chi connectivity index (χ2n) is 6.68. The molecule has 1 aromatic heterocycles. The van der Waals surface area contributed by atoms with Gasteiger partial charge in [-0.25, -0.2) is 4.98 Å². The summed E-state index contributed by atoms with van der Waals surface area (Å²) in [5.74, 6) is 1.41. The number of rotatable bonds is 8. The predicted molar refractivity (Wildman–Crippen MR) is 127 cm³/mol. The summed E-state index contributed by atoms with van der Waals surface area (Å²) in [6.45, 7) is 3.72. The number of guanidine groups is 1. The average molecular weight is 511 g/mol. The highest BCUT2D eigenvalue weighted by Gasteiger charge is 2.23. The lowest BCUT2D eigenvalue weighted by Crippen LogP contribution is -2.44. The van der Waals surface area contributed by atoms with Crippen LogP contribution in [0.4, 0.5) is 5.69 Å². The number of aliphatic imine (C=N–C) groups is 1. The van der Waals surface area contributed by atoms with Crippen molar-refractivity contribution in [3.8, 4) is 5.88 Å². The molecule has 2 aromatic rings. The third kappa shape index (κ3) is 7.36. The van der Waals surface area contributed by atoms with Crippen LogP contribution in [0.2, 0.25) is 0 Å². The molecule has 0 amide bonds. The molecule has 1 aromatic carbocycles. The van der Waals surface area contributed by atoms with Gasteiger partial charge in [0.15, 0.2) is 5.96 Å². The molecular weight excluding hydrogens is 481 g/mol. The van der Waals surface area contributed by atoms with Gasteiger partial charge >= 0.3 is 0 Å². The lowest BCUT2D eigenvalue weighted by atomic mass is 10.2. The summed E-state index contributed by atoms with van der Waals surface area (Å²) in [7, 11) is 3.45. The van der Waals surface area contributed by atoms with E-state index >= 15 is 0 Å². The molecule has 1 atom stereocenters. The summed E-state index contributed by atoms with van der Waals surface area (Å²) in [5.41, 5.74) is 2.34. The maximum Gasteiger partial charge on any atom is 0.213 e. The number of benzene rings is 1. The van der Waals surface area contributed by atoms with E-state index in [-0.39, 0.29) is 24.0 Å². The van der Waals surface area contributed by atoms with Gasteiger partial charge in [-0.15, -0.1) is 24.0 Å². The Morgan fingerprint density at radius 2 is 2.03 bits per heavy atom. The number of aromatic nitrogens is 1. The Hall–Kier alpha value is -2.07. The molecular formula is C21H30IN5O2. The van der Waals surface area contributed by atoms with Gasteiger partial charge in [0.05, 0.1) is 6.61 Å². The van der Waals surface area contributed by atoms with E-state index in [2.05, 4.69) is 49.8 Å². The summed E-state index contributed by atoms with van der Waals surface area (Å²) in [6.07, 6.45) is 2.90. The number of nitrogens with one attached hydrogen (secondary N) is 2. The SMILES string of the molecule is CN=C(NCc1ccc(OCCOC)nc1)NC1CCN(c2ccccc2)C1.I. The van der Waals surface area contributed by atoms with Crippen molar-refractivity contribution in [2.45, 2.75) is 19.0 Å². The Morgan fingerprint density at radius 1 is 1.21 bits per heavy atom. The van der Waals surface area contributed by atoms with Crippen molar-refractivity contribution < 1.29 is 9.47 Å². The second-order valence-corrected chi connectivity index (χ2v) is 6.68. The van der Waals surface area contributed by atoms with Crippen molar-refractivity contribution in [3.05, 3.63) is 54.2 Å². The van der Waals surface area contributed by atoms with E-state index in [1.54, 1.807) is 14.2 Å². The molecule has 0 aliphatic carbocycles. The third-order valence-electron chi connectivity index (χ3n) is 4.67. The molecule has 1 saturated heterocycles. The highest BCUT2D eigenvalue weighted by Crippen LogP contribution is 2.19. The first kappa shape index (κ1) is 23.2. The summed E-state index contributed by atoms with van der Waals surface area (Å²) in [4.78, 5) is 11.1. The molecule has 1 aliphatic heterocycles. The van der Waals surface area contributed by atoms with E-state index in [9.17, 15) is 0 Å². The van der Waals surface area contributed by atoms with Gasteiger partial charge in [0.25, 0.3) is 0 Å². The Labute approximate surface area is 189 Å². The number of nitrogens with zero attached hydrogens (tertiary/aromatic N) is 3. The van der Waals surface area contributed by atoms with Gasteiger partial charge < -0.3 is 25.0 Å². The lowest BCUT2D eigenvalue weighted by Gasteiger charge is -2.20. The molecule has 3 rings (SSSR count). The Balaban J connectivity index is 0.00000300. The van der Waals surface area contributed by atoms with Gasteiger partial charge in [-0.3, -0.25) is 4.99 Å². The minimum atomic E-state index is 0. The molecule has 8 heteroatoms. The van der Waals surface area contributed by atoms with Crippen molar-refractivity contribution in [2.24, 2.45) is 4.99 Å². The first-order valence-corrected chi connectivity index (χ1v) is 9.62. The molecule has 1 unspecified atom stereocenters. The maximum atomic E-state index is 5.49. The first-order valence-electron chi connectivity index (χ1n) is 9.62. The summed E-state index contributed by atoms with van der Waals surface area (Å²) >= 11 is 0.